The molecular weight excluding hydrogens is 460 g/mol. The number of morpholine rings is 1. The molecule has 10 heteroatoms. The number of benzene rings is 2. The lowest BCUT2D eigenvalue weighted by Gasteiger charge is -2.26. The Morgan fingerprint density at radius 2 is 1.62 bits per heavy atom. The van der Waals surface area contributed by atoms with Gasteiger partial charge in [0.15, 0.2) is 6.10 Å². The first kappa shape index (κ1) is 25.7. The van der Waals surface area contributed by atoms with Crippen molar-refractivity contribution in [3.8, 4) is 5.75 Å². The second-order valence-corrected chi connectivity index (χ2v) is 10.2. The molecule has 1 atom stereocenters. The Labute approximate surface area is 200 Å². The van der Waals surface area contributed by atoms with E-state index < -0.39 is 28.0 Å². The van der Waals surface area contributed by atoms with Crippen molar-refractivity contribution in [3.63, 3.8) is 0 Å². The van der Waals surface area contributed by atoms with Crippen LogP contribution in [0.1, 0.15) is 31.1 Å². The largest absolute Gasteiger partial charge is 0.493 e. The molecule has 1 aliphatic rings. The molecule has 0 aromatic heterocycles. The lowest BCUT2D eigenvalue weighted by atomic mass is 10.2. The summed E-state index contributed by atoms with van der Waals surface area (Å²) in [4.78, 5) is 25.0. The molecule has 0 saturated carbocycles. The van der Waals surface area contributed by atoms with Crippen LogP contribution in [-0.2, 0) is 24.3 Å². The number of sulfonamides is 1. The van der Waals surface area contributed by atoms with Gasteiger partial charge in [-0.3, -0.25) is 4.79 Å². The van der Waals surface area contributed by atoms with Crippen molar-refractivity contribution in [2.24, 2.45) is 5.92 Å². The smallest absolute Gasteiger partial charge is 0.338 e. The number of hydrogen-bond donors (Lipinski definition) is 1. The zero-order chi connectivity index (χ0) is 24.7. The van der Waals surface area contributed by atoms with Gasteiger partial charge in [0.1, 0.15) is 5.75 Å². The fraction of sp³-hybridized carbons (Fsp3) is 0.417. The van der Waals surface area contributed by atoms with Crippen LogP contribution in [0, 0.1) is 5.92 Å². The van der Waals surface area contributed by atoms with Crippen LogP contribution in [0.4, 0.5) is 5.69 Å². The quantitative estimate of drug-likeness (QED) is 0.538. The Kier molecular flexibility index (Phi) is 8.65. The molecular formula is C24H30N2O7S. The predicted molar refractivity (Wildman–Crippen MR) is 126 cm³/mol. The Bertz CT molecular complexity index is 1080. The molecule has 1 aliphatic heterocycles. The first-order chi connectivity index (χ1) is 16.2. The molecule has 1 amide bonds. The van der Waals surface area contributed by atoms with E-state index in [1.54, 1.807) is 24.3 Å². The van der Waals surface area contributed by atoms with Gasteiger partial charge in [0, 0.05) is 18.8 Å². The third-order valence-corrected chi connectivity index (χ3v) is 6.97. The van der Waals surface area contributed by atoms with E-state index in [2.05, 4.69) is 5.32 Å². The number of nitrogens with one attached hydrogen (secondary N) is 1. The van der Waals surface area contributed by atoms with Crippen molar-refractivity contribution in [1.29, 1.82) is 0 Å². The number of nitrogens with zero attached hydrogens (tertiary/aromatic N) is 1. The van der Waals surface area contributed by atoms with Crippen LogP contribution >= 0.6 is 0 Å². The summed E-state index contributed by atoms with van der Waals surface area (Å²) in [6.45, 7) is 7.44. The minimum absolute atomic E-state index is 0.132. The van der Waals surface area contributed by atoms with Crippen molar-refractivity contribution in [2.45, 2.75) is 31.8 Å². The van der Waals surface area contributed by atoms with Crippen molar-refractivity contribution in [1.82, 2.24) is 4.31 Å². The van der Waals surface area contributed by atoms with Crippen molar-refractivity contribution in [2.75, 3.05) is 38.2 Å². The van der Waals surface area contributed by atoms with E-state index in [0.29, 0.717) is 55.8 Å². The highest BCUT2D eigenvalue weighted by Crippen LogP contribution is 2.20. The standard InChI is InChI=1S/C24H30N2O7S/c1-17(2)16-32-21-8-4-19(5-9-21)24(28)33-18(3)23(27)25-20-6-10-22(11-7-20)34(29,30)26-12-14-31-15-13-26/h4-11,17-18H,12-16H2,1-3H3,(H,25,27). The van der Waals surface area contributed by atoms with Crippen LogP contribution in [-0.4, -0.2) is 63.6 Å². The zero-order valence-corrected chi connectivity index (χ0v) is 20.3. The highest BCUT2D eigenvalue weighted by Gasteiger charge is 2.26. The predicted octanol–water partition coefficient (Wildman–Crippen LogP) is 2.93. The first-order valence-electron chi connectivity index (χ1n) is 11.1. The van der Waals surface area contributed by atoms with E-state index >= 15 is 0 Å². The van der Waals surface area contributed by atoms with Gasteiger partial charge < -0.3 is 19.5 Å². The highest BCUT2D eigenvalue weighted by molar-refractivity contribution is 7.89. The number of amides is 1. The average molecular weight is 491 g/mol. The number of anilines is 1. The Balaban J connectivity index is 1.54. The van der Waals surface area contributed by atoms with Crippen LogP contribution in [0.5, 0.6) is 5.75 Å². The topological polar surface area (TPSA) is 111 Å². The maximum Gasteiger partial charge on any atom is 0.338 e. The van der Waals surface area contributed by atoms with Crippen LogP contribution in [0.25, 0.3) is 0 Å². The maximum atomic E-state index is 12.7. The van der Waals surface area contributed by atoms with Gasteiger partial charge in [-0.2, -0.15) is 4.31 Å². The SMILES string of the molecule is CC(C)COc1ccc(C(=O)OC(C)C(=O)Nc2ccc(S(=O)(=O)N3CCOCC3)cc2)cc1. The molecule has 0 bridgehead atoms. The second-order valence-electron chi connectivity index (χ2n) is 8.31. The van der Waals surface area contributed by atoms with Gasteiger partial charge in [-0.1, -0.05) is 13.8 Å². The summed E-state index contributed by atoms with van der Waals surface area (Å²) in [6.07, 6.45) is -1.05. The monoisotopic (exact) mass is 490 g/mol. The average Bonchev–Trinajstić information content (AvgIpc) is 2.83. The zero-order valence-electron chi connectivity index (χ0n) is 19.5. The van der Waals surface area contributed by atoms with Gasteiger partial charge in [0.2, 0.25) is 10.0 Å². The van der Waals surface area contributed by atoms with Crippen molar-refractivity contribution in [3.05, 3.63) is 54.1 Å². The van der Waals surface area contributed by atoms with Gasteiger partial charge in [-0.25, -0.2) is 13.2 Å². The molecule has 184 valence electrons. The molecule has 3 rings (SSSR count). The van der Waals surface area contributed by atoms with Crippen LogP contribution < -0.4 is 10.1 Å². The number of hydrogen-bond acceptors (Lipinski definition) is 7. The highest BCUT2D eigenvalue weighted by atomic mass is 32.2. The molecule has 0 aliphatic carbocycles. The normalized spacial score (nSPS) is 15.5. The van der Waals surface area contributed by atoms with Gasteiger partial charge >= 0.3 is 5.97 Å². The van der Waals surface area contributed by atoms with Gasteiger partial charge in [0.25, 0.3) is 5.91 Å². The number of carbonyl (C=O) groups is 2. The maximum absolute atomic E-state index is 12.7. The molecule has 1 unspecified atom stereocenters. The summed E-state index contributed by atoms with van der Waals surface area (Å²) in [7, 11) is -3.62. The van der Waals surface area contributed by atoms with Crippen LogP contribution in [0.2, 0.25) is 0 Å². The van der Waals surface area contributed by atoms with E-state index in [1.807, 2.05) is 13.8 Å². The molecule has 0 radical (unpaired) electrons. The Hall–Kier alpha value is -2.95. The van der Waals surface area contributed by atoms with Gasteiger partial charge in [-0.05, 0) is 61.4 Å². The first-order valence-corrected chi connectivity index (χ1v) is 12.5. The number of carbonyl (C=O) groups excluding carboxylic acids is 2. The second kappa shape index (κ2) is 11.5. The minimum Gasteiger partial charge on any atom is -0.493 e. The van der Waals surface area contributed by atoms with Crippen LogP contribution in [0.3, 0.4) is 0 Å². The number of esters is 1. The lowest BCUT2D eigenvalue weighted by Crippen LogP contribution is -2.40. The van der Waals surface area contributed by atoms with Crippen molar-refractivity contribution >= 4 is 27.6 Å². The molecule has 1 heterocycles. The summed E-state index contributed by atoms with van der Waals surface area (Å²) >= 11 is 0. The fourth-order valence-corrected chi connectivity index (χ4v) is 4.53. The fourth-order valence-electron chi connectivity index (χ4n) is 3.12. The summed E-state index contributed by atoms with van der Waals surface area (Å²) in [5, 5.41) is 2.63. The number of ether oxygens (including phenoxy) is 3. The number of rotatable bonds is 9. The Morgan fingerprint density at radius 1 is 1.00 bits per heavy atom. The Morgan fingerprint density at radius 3 is 2.21 bits per heavy atom. The molecule has 0 spiro atoms. The van der Waals surface area contributed by atoms with E-state index in [-0.39, 0.29) is 4.90 Å². The molecule has 1 N–H and O–H groups in total. The lowest BCUT2D eigenvalue weighted by molar-refractivity contribution is -0.123. The van der Waals surface area contributed by atoms with Gasteiger partial charge in [-0.15, -0.1) is 0 Å². The summed E-state index contributed by atoms with van der Waals surface area (Å²) < 4.78 is 42.8. The minimum atomic E-state index is -3.62. The van der Waals surface area contributed by atoms with E-state index in [1.165, 1.54) is 35.5 Å². The van der Waals surface area contributed by atoms with Crippen molar-refractivity contribution < 1.29 is 32.2 Å². The van der Waals surface area contributed by atoms with Gasteiger partial charge in [0.05, 0.1) is 30.3 Å². The summed E-state index contributed by atoms with van der Waals surface area (Å²) in [5.41, 5.74) is 0.690. The van der Waals surface area contributed by atoms with E-state index in [9.17, 15) is 18.0 Å². The molecule has 2 aromatic carbocycles. The summed E-state index contributed by atoms with van der Waals surface area (Å²) in [6, 6.07) is 12.4. The molecule has 34 heavy (non-hydrogen) atoms. The van der Waals surface area contributed by atoms with E-state index in [0.717, 1.165) is 0 Å². The van der Waals surface area contributed by atoms with E-state index in [4.69, 9.17) is 14.2 Å². The molecule has 1 saturated heterocycles. The third kappa shape index (κ3) is 6.78. The molecule has 9 nitrogen and oxygen atoms in total. The molecule has 1 fully saturated rings. The van der Waals surface area contributed by atoms with Crippen LogP contribution in [0.15, 0.2) is 53.4 Å². The molecule has 2 aromatic rings. The third-order valence-electron chi connectivity index (χ3n) is 5.06. The summed E-state index contributed by atoms with van der Waals surface area (Å²) in [5.74, 6) is -0.136.